The Morgan fingerprint density at radius 2 is 1.59 bits per heavy atom. The largest absolute Gasteiger partial charge is 0.353 e. The van der Waals surface area contributed by atoms with Crippen molar-refractivity contribution in [2.75, 3.05) is 31.1 Å². The predicted octanol–water partition coefficient (Wildman–Crippen LogP) is 5.05. The molecule has 2 aromatic heterocycles. The number of rotatable bonds is 6. The highest BCUT2D eigenvalue weighted by Crippen LogP contribution is 2.34. The Kier molecular flexibility index (Phi) is 6.76. The molecule has 5 rings (SSSR count). The molecule has 0 aliphatic carbocycles. The minimum absolute atomic E-state index is 0.0338. The minimum atomic E-state index is -3.59. The van der Waals surface area contributed by atoms with Gasteiger partial charge in [-0.3, -0.25) is 0 Å². The molecule has 0 radical (unpaired) electrons. The molecule has 9 heteroatoms. The van der Waals surface area contributed by atoms with E-state index in [-0.39, 0.29) is 5.41 Å². The van der Waals surface area contributed by atoms with Gasteiger partial charge in [0, 0.05) is 38.2 Å². The van der Waals surface area contributed by atoms with Gasteiger partial charge in [0.1, 0.15) is 22.7 Å². The average Bonchev–Trinajstić information content (AvgIpc) is 3.33. The molecule has 3 heterocycles. The molecule has 37 heavy (non-hydrogen) atoms. The fraction of sp³-hybridized carbons (Fsp3) is 0.393. The summed E-state index contributed by atoms with van der Waals surface area (Å²) in [6.45, 7) is 10.2. The molecule has 194 valence electrons. The minimum Gasteiger partial charge on any atom is -0.353 e. The van der Waals surface area contributed by atoms with Crippen molar-refractivity contribution in [2.24, 2.45) is 0 Å². The summed E-state index contributed by atoms with van der Waals surface area (Å²) in [7, 11) is -3.59. The summed E-state index contributed by atoms with van der Waals surface area (Å²) in [5, 5.41) is 5.09. The molecule has 2 aromatic carbocycles. The number of benzene rings is 2. The zero-order chi connectivity index (χ0) is 26.2. The number of hydrogen-bond donors (Lipinski definition) is 0. The molecular formula is C28H33N5O3S. The maximum absolute atomic E-state index is 13.4. The lowest BCUT2D eigenvalue weighted by Gasteiger charge is -2.35. The molecule has 0 spiro atoms. The summed E-state index contributed by atoms with van der Waals surface area (Å²) >= 11 is 0. The molecule has 0 atom stereocenters. The molecule has 0 bridgehead atoms. The average molecular weight is 520 g/mol. The number of hydrogen-bond acceptors (Lipinski definition) is 7. The van der Waals surface area contributed by atoms with Crippen molar-refractivity contribution in [3.63, 3.8) is 0 Å². The molecule has 0 N–H and O–H groups in total. The van der Waals surface area contributed by atoms with E-state index in [2.05, 4.69) is 42.7 Å². The van der Waals surface area contributed by atoms with Crippen LogP contribution < -0.4 is 4.90 Å². The van der Waals surface area contributed by atoms with Crippen LogP contribution in [-0.4, -0.2) is 54.0 Å². The van der Waals surface area contributed by atoms with Crippen LogP contribution in [0.3, 0.4) is 0 Å². The summed E-state index contributed by atoms with van der Waals surface area (Å²) in [5.74, 6) is 1.45. The zero-order valence-electron chi connectivity index (χ0n) is 21.8. The standard InChI is InChI=1S/C28H33N5O3S/c1-5-9-23-29-26(24-25(31-36-27(24)30-23)20-10-7-6-8-11-20)32-16-18-33(19-17-32)37(34,35)22-14-12-21(13-15-22)28(2,3)4/h6-8,10-15H,5,9,16-19H2,1-4H3. The van der Waals surface area contributed by atoms with Crippen molar-refractivity contribution < 1.29 is 12.9 Å². The molecule has 4 aromatic rings. The van der Waals surface area contributed by atoms with Crippen LogP contribution in [0.5, 0.6) is 0 Å². The summed E-state index contributed by atoms with van der Waals surface area (Å²) in [6.07, 6.45) is 1.63. The molecule has 1 aliphatic rings. The molecule has 1 aliphatic heterocycles. The maximum atomic E-state index is 13.4. The smallest absolute Gasteiger partial charge is 0.263 e. The Balaban J connectivity index is 1.43. The van der Waals surface area contributed by atoms with Crippen LogP contribution in [0.1, 0.15) is 45.5 Å². The number of fused-ring (bicyclic) bond motifs is 1. The highest BCUT2D eigenvalue weighted by atomic mass is 32.2. The molecule has 0 unspecified atom stereocenters. The molecule has 0 amide bonds. The SMILES string of the molecule is CCCc1nc(N2CCN(S(=O)(=O)c3ccc(C(C)(C)C)cc3)CC2)c2c(-c3ccccc3)noc2n1. The second-order valence-electron chi connectivity index (χ2n) is 10.5. The zero-order valence-corrected chi connectivity index (χ0v) is 22.6. The van der Waals surface area contributed by atoms with Crippen LogP contribution >= 0.6 is 0 Å². The van der Waals surface area contributed by atoms with E-state index in [4.69, 9.17) is 9.51 Å². The normalized spacial score (nSPS) is 15.4. The third-order valence-electron chi connectivity index (χ3n) is 6.78. The predicted molar refractivity (Wildman–Crippen MR) is 145 cm³/mol. The lowest BCUT2D eigenvalue weighted by molar-refractivity contribution is 0.384. The fourth-order valence-corrected chi connectivity index (χ4v) is 6.08. The molecule has 1 fully saturated rings. The van der Waals surface area contributed by atoms with E-state index >= 15 is 0 Å². The summed E-state index contributed by atoms with van der Waals surface area (Å²) in [5.41, 5.74) is 3.15. The van der Waals surface area contributed by atoms with Gasteiger partial charge in [0.2, 0.25) is 10.0 Å². The van der Waals surface area contributed by atoms with E-state index in [0.29, 0.717) is 48.3 Å². The van der Waals surface area contributed by atoms with Gasteiger partial charge in [0.05, 0.1) is 4.90 Å². The summed E-state index contributed by atoms with van der Waals surface area (Å²) in [6, 6.07) is 17.1. The Labute approximate surface area is 218 Å². The molecule has 8 nitrogen and oxygen atoms in total. The van der Waals surface area contributed by atoms with Gasteiger partial charge in [-0.15, -0.1) is 0 Å². The molecular weight excluding hydrogens is 486 g/mol. The third kappa shape index (κ3) is 4.98. The van der Waals surface area contributed by atoms with E-state index in [1.54, 1.807) is 16.4 Å². The van der Waals surface area contributed by atoms with Gasteiger partial charge in [-0.25, -0.2) is 13.4 Å². The summed E-state index contributed by atoms with van der Waals surface area (Å²) < 4.78 is 34.0. The first kappa shape index (κ1) is 25.4. The number of anilines is 1. The number of nitrogens with zero attached hydrogens (tertiary/aromatic N) is 5. The van der Waals surface area contributed by atoms with Crippen LogP contribution in [-0.2, 0) is 21.9 Å². The van der Waals surface area contributed by atoms with Gasteiger partial charge in [-0.05, 0) is 29.5 Å². The molecule has 1 saturated heterocycles. The van der Waals surface area contributed by atoms with E-state index < -0.39 is 10.0 Å². The van der Waals surface area contributed by atoms with Gasteiger partial charge in [-0.2, -0.15) is 9.29 Å². The Morgan fingerprint density at radius 3 is 2.22 bits per heavy atom. The lowest BCUT2D eigenvalue weighted by Crippen LogP contribution is -2.49. The van der Waals surface area contributed by atoms with Crippen molar-refractivity contribution in [3.8, 4) is 11.3 Å². The van der Waals surface area contributed by atoms with Crippen molar-refractivity contribution in [2.45, 2.75) is 50.8 Å². The molecule has 0 saturated carbocycles. The number of piperazine rings is 1. The van der Waals surface area contributed by atoms with Crippen molar-refractivity contribution in [3.05, 3.63) is 66.0 Å². The van der Waals surface area contributed by atoms with E-state index in [0.717, 1.165) is 35.2 Å². The van der Waals surface area contributed by atoms with Crippen molar-refractivity contribution in [1.29, 1.82) is 0 Å². The first-order chi connectivity index (χ1) is 17.7. The highest BCUT2D eigenvalue weighted by Gasteiger charge is 2.31. The number of aromatic nitrogens is 3. The van der Waals surface area contributed by atoms with Gasteiger partial charge >= 0.3 is 0 Å². The van der Waals surface area contributed by atoms with Crippen LogP contribution in [0.25, 0.3) is 22.4 Å². The van der Waals surface area contributed by atoms with Crippen molar-refractivity contribution in [1.82, 2.24) is 19.4 Å². The maximum Gasteiger partial charge on any atom is 0.263 e. The monoisotopic (exact) mass is 519 g/mol. The van der Waals surface area contributed by atoms with E-state index in [1.807, 2.05) is 42.5 Å². The quantitative estimate of drug-likeness (QED) is 0.352. The Hall–Kier alpha value is -3.30. The first-order valence-corrected chi connectivity index (χ1v) is 14.2. The lowest BCUT2D eigenvalue weighted by atomic mass is 9.87. The number of sulfonamides is 1. The van der Waals surface area contributed by atoms with Gasteiger partial charge in [-0.1, -0.05) is 75.3 Å². The van der Waals surface area contributed by atoms with Crippen LogP contribution in [0.4, 0.5) is 5.82 Å². The third-order valence-corrected chi connectivity index (χ3v) is 8.69. The van der Waals surface area contributed by atoms with Crippen LogP contribution in [0.15, 0.2) is 64.0 Å². The van der Waals surface area contributed by atoms with Crippen molar-refractivity contribution >= 4 is 26.9 Å². The van der Waals surface area contributed by atoms with Crippen LogP contribution in [0, 0.1) is 0 Å². The Bertz CT molecular complexity index is 1480. The fourth-order valence-electron chi connectivity index (χ4n) is 4.65. The second kappa shape index (κ2) is 9.87. The van der Waals surface area contributed by atoms with E-state index in [1.165, 1.54) is 0 Å². The second-order valence-corrected chi connectivity index (χ2v) is 12.4. The Morgan fingerprint density at radius 1 is 0.919 bits per heavy atom. The van der Waals surface area contributed by atoms with Crippen LogP contribution in [0.2, 0.25) is 0 Å². The van der Waals surface area contributed by atoms with E-state index in [9.17, 15) is 8.42 Å². The van der Waals surface area contributed by atoms with Gasteiger partial charge < -0.3 is 9.42 Å². The first-order valence-electron chi connectivity index (χ1n) is 12.8. The van der Waals surface area contributed by atoms with Gasteiger partial charge in [0.15, 0.2) is 0 Å². The topological polar surface area (TPSA) is 92.4 Å². The van der Waals surface area contributed by atoms with Gasteiger partial charge in [0.25, 0.3) is 5.71 Å². The summed E-state index contributed by atoms with van der Waals surface area (Å²) in [4.78, 5) is 12.0. The highest BCUT2D eigenvalue weighted by molar-refractivity contribution is 7.89. The number of aryl methyl sites for hydroxylation is 1.